The standard InChI is InChI=1S/C16H29N3/c1-3-19(4-2)16(17)18-10-15-13-6-11-5-12(8-13)9-14(15)7-11/h11-15H,3-10H2,1-2H3,(H2,17,18). The molecule has 4 aliphatic carbocycles. The lowest BCUT2D eigenvalue weighted by molar-refractivity contribution is -0.0320. The van der Waals surface area contributed by atoms with Gasteiger partial charge in [0.05, 0.1) is 0 Å². The maximum Gasteiger partial charge on any atom is 0.191 e. The summed E-state index contributed by atoms with van der Waals surface area (Å²) in [6.07, 6.45) is 7.47. The number of rotatable bonds is 4. The summed E-state index contributed by atoms with van der Waals surface area (Å²) in [5.41, 5.74) is 6.12. The smallest absolute Gasteiger partial charge is 0.191 e. The molecule has 4 fully saturated rings. The van der Waals surface area contributed by atoms with Crippen LogP contribution in [0.2, 0.25) is 0 Å². The normalized spacial score (nSPS) is 40.7. The SMILES string of the molecule is CCN(CC)C(N)=NCC1C2CC3CC(C2)CC1C3. The van der Waals surface area contributed by atoms with Crippen LogP contribution in [0, 0.1) is 29.6 Å². The molecule has 0 unspecified atom stereocenters. The molecule has 4 bridgehead atoms. The second-order valence-electron chi connectivity index (χ2n) is 6.97. The molecule has 0 spiro atoms. The van der Waals surface area contributed by atoms with Crippen molar-refractivity contribution in [1.29, 1.82) is 0 Å². The molecule has 4 rings (SSSR count). The Kier molecular flexibility index (Phi) is 3.72. The second-order valence-corrected chi connectivity index (χ2v) is 6.97. The fourth-order valence-electron chi connectivity index (χ4n) is 5.18. The van der Waals surface area contributed by atoms with Crippen LogP contribution in [0.5, 0.6) is 0 Å². The van der Waals surface area contributed by atoms with Gasteiger partial charge in [0.15, 0.2) is 5.96 Å². The number of guanidine groups is 1. The fraction of sp³-hybridized carbons (Fsp3) is 0.938. The highest BCUT2D eigenvalue weighted by atomic mass is 15.2. The van der Waals surface area contributed by atoms with Crippen LogP contribution in [0.3, 0.4) is 0 Å². The fourth-order valence-corrected chi connectivity index (χ4v) is 5.18. The highest BCUT2D eigenvalue weighted by Crippen LogP contribution is 2.56. The van der Waals surface area contributed by atoms with Gasteiger partial charge in [-0.3, -0.25) is 4.99 Å². The monoisotopic (exact) mass is 263 g/mol. The summed E-state index contributed by atoms with van der Waals surface area (Å²) in [6, 6.07) is 0. The van der Waals surface area contributed by atoms with Crippen LogP contribution in [-0.2, 0) is 0 Å². The summed E-state index contributed by atoms with van der Waals surface area (Å²) in [7, 11) is 0. The number of hydrogen-bond acceptors (Lipinski definition) is 1. The van der Waals surface area contributed by atoms with E-state index in [-0.39, 0.29) is 0 Å². The topological polar surface area (TPSA) is 41.6 Å². The minimum absolute atomic E-state index is 0.763. The van der Waals surface area contributed by atoms with Crippen molar-refractivity contribution in [3.8, 4) is 0 Å². The van der Waals surface area contributed by atoms with Crippen molar-refractivity contribution in [2.24, 2.45) is 40.3 Å². The predicted octanol–water partition coefficient (Wildman–Crippen LogP) is 2.72. The van der Waals surface area contributed by atoms with Gasteiger partial charge in [-0.1, -0.05) is 0 Å². The van der Waals surface area contributed by atoms with E-state index in [0.29, 0.717) is 0 Å². The first-order chi connectivity index (χ1) is 9.21. The van der Waals surface area contributed by atoms with Crippen molar-refractivity contribution >= 4 is 5.96 Å². The lowest BCUT2D eigenvalue weighted by Gasteiger charge is -2.54. The Morgan fingerprint density at radius 1 is 1.00 bits per heavy atom. The van der Waals surface area contributed by atoms with Crippen LogP contribution < -0.4 is 5.73 Å². The number of nitrogens with two attached hydrogens (primary N) is 1. The van der Waals surface area contributed by atoms with Gasteiger partial charge in [0.1, 0.15) is 0 Å². The molecule has 2 N–H and O–H groups in total. The Morgan fingerprint density at radius 2 is 1.53 bits per heavy atom. The molecule has 0 radical (unpaired) electrons. The Bertz CT molecular complexity index is 318. The summed E-state index contributed by atoms with van der Waals surface area (Å²) in [6.45, 7) is 7.21. The van der Waals surface area contributed by atoms with Crippen LogP contribution in [0.25, 0.3) is 0 Å². The minimum atomic E-state index is 0.763. The van der Waals surface area contributed by atoms with Crippen molar-refractivity contribution in [1.82, 2.24) is 4.90 Å². The molecular formula is C16H29N3. The van der Waals surface area contributed by atoms with Gasteiger partial charge in [0.2, 0.25) is 0 Å². The summed E-state index contributed by atoms with van der Waals surface area (Å²) < 4.78 is 0. The van der Waals surface area contributed by atoms with Gasteiger partial charge in [-0.2, -0.15) is 0 Å². The van der Waals surface area contributed by atoms with E-state index in [4.69, 9.17) is 10.7 Å². The first-order valence-corrected chi connectivity index (χ1v) is 8.26. The van der Waals surface area contributed by atoms with E-state index in [0.717, 1.165) is 55.2 Å². The zero-order valence-electron chi connectivity index (χ0n) is 12.5. The van der Waals surface area contributed by atoms with E-state index >= 15 is 0 Å². The molecule has 0 aliphatic heterocycles. The average Bonchev–Trinajstić information content (AvgIpc) is 2.38. The number of aliphatic imine (C=N–C) groups is 1. The van der Waals surface area contributed by atoms with Gasteiger partial charge in [0, 0.05) is 19.6 Å². The Labute approximate surface area is 117 Å². The maximum atomic E-state index is 6.12. The number of nitrogens with zero attached hydrogens (tertiary/aromatic N) is 2. The maximum absolute atomic E-state index is 6.12. The van der Waals surface area contributed by atoms with E-state index in [1.54, 1.807) is 0 Å². The van der Waals surface area contributed by atoms with Crippen molar-refractivity contribution in [3.63, 3.8) is 0 Å². The van der Waals surface area contributed by atoms with E-state index in [2.05, 4.69) is 18.7 Å². The zero-order valence-corrected chi connectivity index (χ0v) is 12.5. The predicted molar refractivity (Wildman–Crippen MR) is 79.9 cm³/mol. The lowest BCUT2D eigenvalue weighted by Crippen LogP contribution is -2.46. The van der Waals surface area contributed by atoms with Crippen LogP contribution in [0.1, 0.15) is 46.0 Å². The third-order valence-corrected chi connectivity index (χ3v) is 5.97. The summed E-state index contributed by atoms with van der Waals surface area (Å²) in [5, 5.41) is 0. The second kappa shape index (κ2) is 5.34. The molecule has 0 heterocycles. The molecule has 0 amide bonds. The van der Waals surface area contributed by atoms with Gasteiger partial charge in [0.25, 0.3) is 0 Å². The Hall–Kier alpha value is -0.730. The molecular weight excluding hydrogens is 234 g/mol. The summed E-state index contributed by atoms with van der Waals surface area (Å²) in [5.74, 6) is 5.64. The van der Waals surface area contributed by atoms with E-state index < -0.39 is 0 Å². The van der Waals surface area contributed by atoms with Gasteiger partial charge >= 0.3 is 0 Å². The van der Waals surface area contributed by atoms with Crippen molar-refractivity contribution < 1.29 is 0 Å². The van der Waals surface area contributed by atoms with E-state index in [1.165, 1.54) is 32.1 Å². The van der Waals surface area contributed by atoms with Gasteiger partial charge in [-0.25, -0.2) is 0 Å². The van der Waals surface area contributed by atoms with Crippen LogP contribution in [0.15, 0.2) is 4.99 Å². The van der Waals surface area contributed by atoms with Crippen LogP contribution in [0.4, 0.5) is 0 Å². The first-order valence-electron chi connectivity index (χ1n) is 8.26. The lowest BCUT2D eigenvalue weighted by atomic mass is 9.52. The molecule has 108 valence electrons. The molecule has 0 aromatic rings. The quantitative estimate of drug-likeness (QED) is 0.626. The largest absolute Gasteiger partial charge is 0.370 e. The van der Waals surface area contributed by atoms with Crippen molar-refractivity contribution in [3.05, 3.63) is 0 Å². The van der Waals surface area contributed by atoms with Gasteiger partial charge < -0.3 is 10.6 Å². The van der Waals surface area contributed by atoms with Gasteiger partial charge in [-0.15, -0.1) is 0 Å². The third-order valence-electron chi connectivity index (χ3n) is 5.97. The molecule has 3 heteroatoms. The number of hydrogen-bond donors (Lipinski definition) is 1. The first kappa shape index (κ1) is 13.3. The third kappa shape index (κ3) is 2.48. The van der Waals surface area contributed by atoms with Gasteiger partial charge in [-0.05, 0) is 75.5 Å². The average molecular weight is 263 g/mol. The highest BCUT2D eigenvalue weighted by Gasteiger charge is 2.47. The summed E-state index contributed by atoms with van der Waals surface area (Å²) >= 11 is 0. The Morgan fingerprint density at radius 3 is 2.00 bits per heavy atom. The molecule has 0 atom stereocenters. The van der Waals surface area contributed by atoms with Crippen molar-refractivity contribution in [2.75, 3.05) is 19.6 Å². The highest BCUT2D eigenvalue weighted by molar-refractivity contribution is 5.78. The van der Waals surface area contributed by atoms with Crippen molar-refractivity contribution in [2.45, 2.75) is 46.0 Å². The molecule has 0 aromatic carbocycles. The molecule has 4 aliphatic rings. The van der Waals surface area contributed by atoms with E-state index in [1.807, 2.05) is 0 Å². The molecule has 0 aromatic heterocycles. The molecule has 19 heavy (non-hydrogen) atoms. The van der Waals surface area contributed by atoms with Crippen LogP contribution >= 0.6 is 0 Å². The van der Waals surface area contributed by atoms with Crippen LogP contribution in [-0.4, -0.2) is 30.5 Å². The summed E-state index contributed by atoms with van der Waals surface area (Å²) in [4.78, 5) is 6.90. The minimum Gasteiger partial charge on any atom is -0.370 e. The Balaban J connectivity index is 1.62. The van der Waals surface area contributed by atoms with E-state index in [9.17, 15) is 0 Å². The molecule has 4 saturated carbocycles. The molecule has 3 nitrogen and oxygen atoms in total. The molecule has 0 saturated heterocycles. The zero-order chi connectivity index (χ0) is 13.4.